The molecular formula is C66H123O12P. The molecule has 0 bridgehead atoms. The Morgan fingerprint density at radius 1 is 0.342 bits per heavy atom. The molecule has 0 aromatic rings. The third-order valence-electron chi connectivity index (χ3n) is 15.7. The molecule has 0 saturated carbocycles. The highest BCUT2D eigenvalue weighted by Crippen LogP contribution is 2.46. The van der Waals surface area contributed by atoms with Crippen LogP contribution < -0.4 is 0 Å². The van der Waals surface area contributed by atoms with Crippen LogP contribution in [0, 0.1) is 23.7 Å². The van der Waals surface area contributed by atoms with Gasteiger partial charge in [0.25, 0.3) is 0 Å². The summed E-state index contributed by atoms with van der Waals surface area (Å²) in [5.74, 6) is -7.06. The van der Waals surface area contributed by atoms with Crippen LogP contribution in [0.5, 0.6) is 0 Å². The normalized spacial score (nSPS) is 14.8. The SMILES string of the molecule is CCCCCCCCCC(C)C(=O)OC(C(=O)CCCP(C(C)C)C(C)C)C(OC(=O)C(C)CCCCCCCCC)C(OC(=O)C(C)CCCCCCCCC)C(OC(=O)C(C)CCCCCCCCC)C(=O)OCCOC. The van der Waals surface area contributed by atoms with Crippen LogP contribution in [0.2, 0.25) is 0 Å². The summed E-state index contributed by atoms with van der Waals surface area (Å²) >= 11 is 0. The molecule has 13 heteroatoms. The van der Waals surface area contributed by atoms with E-state index in [0.717, 1.165) is 154 Å². The number of carbonyl (C=O) groups is 6. The fourth-order valence-electron chi connectivity index (χ4n) is 10.3. The molecule has 8 unspecified atom stereocenters. The van der Waals surface area contributed by atoms with Crippen LogP contribution in [0.25, 0.3) is 0 Å². The van der Waals surface area contributed by atoms with E-state index in [2.05, 4.69) is 55.4 Å². The van der Waals surface area contributed by atoms with E-state index in [1.807, 2.05) is 0 Å². The van der Waals surface area contributed by atoms with Crippen molar-refractivity contribution in [2.75, 3.05) is 26.5 Å². The largest absolute Gasteiger partial charge is 0.460 e. The maximum atomic E-state index is 15.2. The highest BCUT2D eigenvalue weighted by molar-refractivity contribution is 7.59. The molecule has 0 rings (SSSR count). The van der Waals surface area contributed by atoms with Crippen LogP contribution in [-0.4, -0.2) is 97.8 Å². The second-order valence-corrected chi connectivity index (χ2v) is 27.5. The van der Waals surface area contributed by atoms with Gasteiger partial charge in [-0.1, -0.05) is 263 Å². The number of Topliss-reactive ketones (excluding diaryl/α,β-unsaturated/α-hetero) is 1. The fourth-order valence-corrected chi connectivity index (χ4v) is 13.0. The predicted molar refractivity (Wildman–Crippen MR) is 326 cm³/mol. The maximum absolute atomic E-state index is 15.2. The number of unbranched alkanes of at least 4 members (excludes halogenated alkanes) is 24. The number of methoxy groups -OCH3 is 1. The van der Waals surface area contributed by atoms with E-state index < -0.39 is 91.6 Å². The van der Waals surface area contributed by atoms with Gasteiger partial charge in [-0.2, -0.15) is 0 Å². The zero-order valence-corrected chi connectivity index (χ0v) is 54.2. The van der Waals surface area contributed by atoms with Crippen molar-refractivity contribution < 1.29 is 57.2 Å². The van der Waals surface area contributed by atoms with Gasteiger partial charge in [-0.3, -0.25) is 24.0 Å². The van der Waals surface area contributed by atoms with Crippen LogP contribution >= 0.6 is 7.92 Å². The standard InChI is InChI=1S/C66H123O12P/c1-14-18-22-26-30-34-38-43-53(9)62(68)75-58(57(67)47-42-50-79(51(5)6)52(7)8)59(76-63(69)54(10)44-39-35-31-27-23-19-15-2)60(77-64(70)55(11)45-40-36-32-28-24-20-16-3)61(66(72)74-49-48-73-13)78-65(71)56(12)46-41-37-33-29-25-21-17-4/h51-56,58-61H,14-50H2,1-13H3. The van der Waals surface area contributed by atoms with Crippen molar-refractivity contribution in [3.05, 3.63) is 0 Å². The molecule has 12 nitrogen and oxygen atoms in total. The molecule has 0 radical (unpaired) electrons. The first-order chi connectivity index (χ1) is 37.9. The molecule has 464 valence electrons. The molecule has 8 atom stereocenters. The van der Waals surface area contributed by atoms with E-state index in [0.29, 0.717) is 43.4 Å². The lowest BCUT2D eigenvalue weighted by atomic mass is 9.95. The minimum Gasteiger partial charge on any atom is -0.460 e. The number of esters is 5. The molecule has 0 spiro atoms. The molecule has 0 aromatic carbocycles. The Balaban J connectivity index is 7.91. The van der Waals surface area contributed by atoms with E-state index in [1.54, 1.807) is 27.7 Å². The summed E-state index contributed by atoms with van der Waals surface area (Å²) < 4.78 is 36.5. The van der Waals surface area contributed by atoms with Gasteiger partial charge in [-0.15, -0.1) is 7.92 Å². The monoisotopic (exact) mass is 1140 g/mol. The van der Waals surface area contributed by atoms with Gasteiger partial charge in [0.1, 0.15) is 6.61 Å². The number of rotatable bonds is 54. The van der Waals surface area contributed by atoms with E-state index in [-0.39, 0.29) is 19.6 Å². The summed E-state index contributed by atoms with van der Waals surface area (Å²) in [7, 11) is 1.00. The first-order valence-corrected chi connectivity index (χ1v) is 34.3. The van der Waals surface area contributed by atoms with Crippen molar-refractivity contribution in [1.29, 1.82) is 0 Å². The van der Waals surface area contributed by atoms with Crippen LogP contribution in [0.4, 0.5) is 0 Å². The highest BCUT2D eigenvalue weighted by Gasteiger charge is 2.51. The van der Waals surface area contributed by atoms with Crippen molar-refractivity contribution in [3.8, 4) is 0 Å². The first-order valence-electron chi connectivity index (χ1n) is 32.7. The zero-order valence-electron chi connectivity index (χ0n) is 53.3. The van der Waals surface area contributed by atoms with Gasteiger partial charge in [0, 0.05) is 13.5 Å². The number of carbonyl (C=O) groups excluding carboxylic acids is 6. The minimum absolute atomic E-state index is 0.0141. The average Bonchev–Trinajstić information content (AvgIpc) is 3.44. The molecule has 0 aliphatic rings. The van der Waals surface area contributed by atoms with Crippen molar-refractivity contribution in [1.82, 2.24) is 0 Å². The second kappa shape index (κ2) is 50.0. The first kappa shape index (κ1) is 76.4. The van der Waals surface area contributed by atoms with Gasteiger partial charge in [0.05, 0.1) is 30.3 Å². The topological polar surface area (TPSA) is 158 Å². The number of hydrogen-bond acceptors (Lipinski definition) is 12. The Hall–Kier alpha value is -2.59. The third-order valence-corrected chi connectivity index (χ3v) is 19.2. The van der Waals surface area contributed by atoms with Crippen LogP contribution in [0.15, 0.2) is 0 Å². The van der Waals surface area contributed by atoms with E-state index in [9.17, 15) is 24.0 Å². The maximum Gasteiger partial charge on any atom is 0.351 e. The van der Waals surface area contributed by atoms with Gasteiger partial charge in [-0.05, 0) is 49.6 Å². The number of hydrogen-bond donors (Lipinski definition) is 0. The van der Waals surface area contributed by atoms with Gasteiger partial charge < -0.3 is 28.4 Å². The molecule has 0 fully saturated rings. The quantitative estimate of drug-likeness (QED) is 0.0246. The summed E-state index contributed by atoms with van der Waals surface area (Å²) in [6.07, 6.45) is 24.9. The van der Waals surface area contributed by atoms with Gasteiger partial charge in [0.15, 0.2) is 18.0 Å². The highest BCUT2D eigenvalue weighted by atomic mass is 31.1. The van der Waals surface area contributed by atoms with Gasteiger partial charge in [-0.25, -0.2) is 4.79 Å². The zero-order chi connectivity index (χ0) is 59.2. The minimum atomic E-state index is -2.00. The summed E-state index contributed by atoms with van der Waals surface area (Å²) in [5, 5.41) is 0. The second-order valence-electron chi connectivity index (χ2n) is 23.9. The average molecular weight is 1140 g/mol. The molecular weight excluding hydrogens is 1020 g/mol. The van der Waals surface area contributed by atoms with Crippen molar-refractivity contribution in [3.63, 3.8) is 0 Å². The summed E-state index contributed by atoms with van der Waals surface area (Å²) in [6, 6.07) is 0. The molecule has 0 aromatic heterocycles. The summed E-state index contributed by atoms with van der Waals surface area (Å²) in [4.78, 5) is 88.3. The molecule has 0 heterocycles. The Kier molecular flexibility index (Phi) is 48.3. The molecule has 0 aliphatic heterocycles. The smallest absolute Gasteiger partial charge is 0.351 e. The lowest BCUT2D eigenvalue weighted by Gasteiger charge is -2.36. The summed E-state index contributed by atoms with van der Waals surface area (Å²) in [5.41, 5.74) is 0.828. The van der Waals surface area contributed by atoms with Crippen molar-refractivity contribution >= 4 is 43.6 Å². The molecule has 0 saturated heterocycles. The Morgan fingerprint density at radius 3 is 0.949 bits per heavy atom. The predicted octanol–water partition coefficient (Wildman–Crippen LogP) is 17.6. The van der Waals surface area contributed by atoms with Crippen molar-refractivity contribution in [2.45, 2.75) is 337 Å². The Labute approximate surface area is 486 Å². The summed E-state index contributed by atoms with van der Waals surface area (Å²) in [6.45, 7) is 24.4. The molecule has 0 amide bonds. The van der Waals surface area contributed by atoms with E-state index in [4.69, 9.17) is 28.4 Å². The number of ether oxygens (including phenoxy) is 6. The fraction of sp³-hybridized carbons (Fsp3) is 0.909. The third kappa shape index (κ3) is 37.3. The van der Waals surface area contributed by atoms with Crippen molar-refractivity contribution in [2.24, 2.45) is 23.7 Å². The Bertz CT molecular complexity index is 1540. The molecule has 0 aliphatic carbocycles. The van der Waals surface area contributed by atoms with Crippen LogP contribution in [0.3, 0.4) is 0 Å². The Morgan fingerprint density at radius 2 is 0.633 bits per heavy atom. The van der Waals surface area contributed by atoms with E-state index in [1.165, 1.54) is 39.2 Å². The van der Waals surface area contributed by atoms with E-state index >= 15 is 4.79 Å². The lowest BCUT2D eigenvalue weighted by molar-refractivity contribution is -0.211. The molecule has 79 heavy (non-hydrogen) atoms. The van der Waals surface area contributed by atoms with Gasteiger partial charge >= 0.3 is 29.8 Å². The van der Waals surface area contributed by atoms with Gasteiger partial charge in [0.2, 0.25) is 12.2 Å². The van der Waals surface area contributed by atoms with Crippen LogP contribution in [-0.2, 0) is 57.2 Å². The number of ketones is 1. The molecule has 0 N–H and O–H groups in total. The lowest BCUT2D eigenvalue weighted by Crippen LogP contribution is -2.57. The van der Waals surface area contributed by atoms with Crippen LogP contribution in [0.1, 0.15) is 301 Å².